The van der Waals surface area contributed by atoms with Gasteiger partial charge in [-0.15, -0.1) is 0 Å². The third kappa shape index (κ3) is 1.38. The Bertz CT molecular complexity index is 605. The van der Waals surface area contributed by atoms with Crippen LogP contribution in [0.3, 0.4) is 0 Å². The molecule has 0 bridgehead atoms. The Labute approximate surface area is 116 Å². The van der Waals surface area contributed by atoms with E-state index >= 15 is 0 Å². The summed E-state index contributed by atoms with van der Waals surface area (Å²) >= 11 is 0. The van der Waals surface area contributed by atoms with Crippen molar-refractivity contribution < 1.29 is 0 Å². The zero-order valence-electron chi connectivity index (χ0n) is 11.7. The van der Waals surface area contributed by atoms with Crippen LogP contribution in [0.4, 0.5) is 5.69 Å². The summed E-state index contributed by atoms with van der Waals surface area (Å²) in [4.78, 5) is 3.46. The average Bonchev–Trinajstić information content (AvgIpc) is 2.85. The van der Waals surface area contributed by atoms with E-state index in [2.05, 4.69) is 48.0 Å². The molecule has 2 aliphatic heterocycles. The van der Waals surface area contributed by atoms with Crippen molar-refractivity contribution >= 4 is 14.8 Å². The fourth-order valence-corrected chi connectivity index (χ4v) is 11.2. The molecule has 1 aliphatic carbocycles. The van der Waals surface area contributed by atoms with E-state index in [1.165, 1.54) is 48.6 Å². The predicted octanol–water partition coefficient (Wildman–Crippen LogP) is 4.53. The standard InChI is InChI=1S/C17H23NS/c1-19(12-6-7-13-19)16-10-4-2-8-14(16)18-15-9-3-5-11-17(15)19/h2-4,8-10,18-19H,5-7,11-13H2,1H3. The van der Waals surface area contributed by atoms with Crippen molar-refractivity contribution in [2.24, 2.45) is 0 Å². The van der Waals surface area contributed by atoms with Gasteiger partial charge in [0.25, 0.3) is 0 Å². The number of hydrogen-bond acceptors (Lipinski definition) is 1. The molecule has 1 spiro atoms. The SMILES string of the molecule is C[SH]12(CCCC1)C1=C(C=CCC1)Nc1ccccc12. The first-order valence-corrected chi connectivity index (χ1v) is 10.5. The number of nitrogens with one attached hydrogen (secondary N) is 1. The van der Waals surface area contributed by atoms with Gasteiger partial charge in [0.05, 0.1) is 0 Å². The van der Waals surface area contributed by atoms with Crippen LogP contribution in [0, 0.1) is 0 Å². The number of benzene rings is 1. The van der Waals surface area contributed by atoms with E-state index < -0.39 is 9.16 Å². The Hall–Kier alpha value is -1.15. The molecule has 4 rings (SSSR count). The number of anilines is 1. The molecule has 0 radical (unpaired) electrons. The molecule has 1 fully saturated rings. The number of fused-ring (bicyclic) bond motifs is 3. The topological polar surface area (TPSA) is 12.0 Å². The van der Waals surface area contributed by atoms with Gasteiger partial charge in [0.2, 0.25) is 0 Å². The second-order valence-electron chi connectivity index (χ2n) is 6.65. The maximum atomic E-state index is 3.70. The zero-order valence-corrected chi connectivity index (χ0v) is 12.5. The van der Waals surface area contributed by atoms with Crippen LogP contribution in [0.25, 0.3) is 0 Å². The van der Waals surface area contributed by atoms with Gasteiger partial charge in [0.1, 0.15) is 0 Å². The Morgan fingerprint density at radius 2 is 1.89 bits per heavy atom. The fraction of sp³-hybridized carbons (Fsp3) is 0.412. The molecule has 0 unspecified atom stereocenters. The molecule has 3 aliphatic rings. The highest BCUT2D eigenvalue weighted by atomic mass is 32.3. The van der Waals surface area contributed by atoms with Gasteiger partial charge in [-0.1, -0.05) is 18.2 Å². The van der Waals surface area contributed by atoms with Crippen LogP contribution >= 0.6 is 9.16 Å². The van der Waals surface area contributed by atoms with Crippen LogP contribution in [0.2, 0.25) is 0 Å². The number of hydrogen-bond donors (Lipinski definition) is 2. The summed E-state index contributed by atoms with van der Waals surface area (Å²) in [5, 5.41) is 3.70. The minimum Gasteiger partial charge on any atom is -0.354 e. The lowest BCUT2D eigenvalue weighted by molar-refractivity contribution is 0.949. The predicted molar refractivity (Wildman–Crippen MR) is 87.6 cm³/mol. The first kappa shape index (κ1) is 11.7. The minimum absolute atomic E-state index is 1.23. The highest BCUT2D eigenvalue weighted by Crippen LogP contribution is 2.84. The van der Waals surface area contributed by atoms with Crippen LogP contribution < -0.4 is 5.32 Å². The van der Waals surface area contributed by atoms with Gasteiger partial charge in [0, 0.05) is 16.3 Å². The summed E-state index contributed by atoms with van der Waals surface area (Å²) in [5.41, 5.74) is 2.82. The lowest BCUT2D eigenvalue weighted by Crippen LogP contribution is -2.29. The summed E-state index contributed by atoms with van der Waals surface area (Å²) in [5.74, 6) is 2.88. The molecule has 1 N–H and O–H groups in total. The Balaban J connectivity index is 2.04. The van der Waals surface area contributed by atoms with Crippen molar-refractivity contribution in [3.63, 3.8) is 0 Å². The van der Waals surface area contributed by atoms with Gasteiger partial charge >= 0.3 is 0 Å². The second kappa shape index (κ2) is 3.69. The van der Waals surface area contributed by atoms with Gasteiger partial charge in [-0.05, 0) is 66.6 Å². The molecule has 1 nitrogen and oxygen atoms in total. The number of para-hydroxylation sites is 1. The zero-order chi connectivity index (χ0) is 12.9. The van der Waals surface area contributed by atoms with Gasteiger partial charge in [-0.2, -0.15) is 0 Å². The number of rotatable bonds is 0. The molecule has 2 heteroatoms. The highest BCUT2D eigenvalue weighted by molar-refractivity contribution is 8.52. The molecule has 1 aromatic rings. The van der Waals surface area contributed by atoms with E-state index in [-0.39, 0.29) is 0 Å². The second-order valence-corrected chi connectivity index (χ2v) is 12.7. The molecular formula is C17H23NS. The average molecular weight is 273 g/mol. The van der Waals surface area contributed by atoms with E-state index in [4.69, 9.17) is 0 Å². The van der Waals surface area contributed by atoms with Crippen LogP contribution in [-0.4, -0.2) is 17.8 Å². The van der Waals surface area contributed by atoms with Crippen LogP contribution in [-0.2, 0) is 0 Å². The Morgan fingerprint density at radius 1 is 1.11 bits per heavy atom. The third-order valence-electron chi connectivity index (χ3n) is 5.58. The first-order chi connectivity index (χ1) is 9.21. The molecule has 1 aromatic carbocycles. The van der Waals surface area contributed by atoms with Gasteiger partial charge in [0.15, 0.2) is 0 Å². The number of allylic oxidation sites excluding steroid dienone is 3. The molecule has 0 amide bonds. The summed E-state index contributed by atoms with van der Waals surface area (Å²) in [6.45, 7) is 0. The monoisotopic (exact) mass is 273 g/mol. The van der Waals surface area contributed by atoms with Crippen LogP contribution in [0.1, 0.15) is 25.7 Å². The molecule has 0 aromatic heterocycles. The van der Waals surface area contributed by atoms with Crippen molar-refractivity contribution in [2.75, 3.05) is 23.1 Å². The van der Waals surface area contributed by atoms with Crippen molar-refractivity contribution in [1.29, 1.82) is 0 Å². The quantitative estimate of drug-likeness (QED) is 0.662. The molecule has 2 heterocycles. The maximum absolute atomic E-state index is 3.70. The van der Waals surface area contributed by atoms with E-state index in [0.717, 1.165) is 0 Å². The lowest BCUT2D eigenvalue weighted by atomic mass is 10.1. The lowest BCUT2D eigenvalue weighted by Gasteiger charge is -2.61. The molecule has 0 saturated carbocycles. The molecule has 102 valence electrons. The molecule has 0 atom stereocenters. The number of thiol groups is 1. The van der Waals surface area contributed by atoms with E-state index in [9.17, 15) is 0 Å². The minimum atomic E-state index is -1.83. The largest absolute Gasteiger partial charge is 0.354 e. The van der Waals surface area contributed by atoms with Crippen molar-refractivity contribution in [1.82, 2.24) is 0 Å². The molecule has 19 heavy (non-hydrogen) atoms. The van der Waals surface area contributed by atoms with E-state index in [1.807, 2.05) is 0 Å². The van der Waals surface area contributed by atoms with Crippen molar-refractivity contribution in [2.45, 2.75) is 30.6 Å². The van der Waals surface area contributed by atoms with E-state index in [1.54, 1.807) is 9.80 Å². The summed E-state index contributed by atoms with van der Waals surface area (Å²) in [7, 11) is -1.83. The third-order valence-corrected chi connectivity index (χ3v) is 12.5. The Kier molecular flexibility index (Phi) is 2.27. The van der Waals surface area contributed by atoms with Gasteiger partial charge in [-0.25, -0.2) is 9.16 Å². The summed E-state index contributed by atoms with van der Waals surface area (Å²) < 4.78 is 0. The highest BCUT2D eigenvalue weighted by Gasteiger charge is 2.48. The smallest absolute Gasteiger partial charge is 0.0495 e. The van der Waals surface area contributed by atoms with Gasteiger partial charge < -0.3 is 5.32 Å². The molecular weight excluding hydrogens is 250 g/mol. The maximum Gasteiger partial charge on any atom is 0.0495 e. The Morgan fingerprint density at radius 3 is 2.74 bits per heavy atom. The summed E-state index contributed by atoms with van der Waals surface area (Å²) in [6, 6.07) is 9.09. The molecule has 1 saturated heterocycles. The fourth-order valence-electron chi connectivity index (χ4n) is 4.58. The van der Waals surface area contributed by atoms with Crippen LogP contribution in [0.15, 0.2) is 51.9 Å². The van der Waals surface area contributed by atoms with Crippen molar-refractivity contribution in [3.8, 4) is 0 Å². The first-order valence-electron chi connectivity index (χ1n) is 7.49. The van der Waals surface area contributed by atoms with E-state index in [0.29, 0.717) is 0 Å². The van der Waals surface area contributed by atoms with Gasteiger partial charge in [-0.3, -0.25) is 0 Å². The normalized spacial score (nSPS) is 28.2. The summed E-state index contributed by atoms with van der Waals surface area (Å²) in [6.07, 6.45) is 12.7. The van der Waals surface area contributed by atoms with Crippen LogP contribution in [0.5, 0.6) is 0 Å². The van der Waals surface area contributed by atoms with Crippen molar-refractivity contribution in [3.05, 3.63) is 47.0 Å².